The molecule has 0 saturated heterocycles. The zero-order chi connectivity index (χ0) is 21.3. The number of esters is 1. The molecule has 0 aliphatic heterocycles. The van der Waals surface area contributed by atoms with Gasteiger partial charge in [0.05, 0.1) is 10.6 Å². The first-order chi connectivity index (χ1) is 14.6. The van der Waals surface area contributed by atoms with Crippen LogP contribution in [0.15, 0.2) is 65.3 Å². The molecule has 1 heterocycles. The Kier molecular flexibility index (Phi) is 7.93. The molecule has 1 unspecified atom stereocenters. The normalized spacial score (nSPS) is 11.7. The monoisotopic (exact) mass is 444 g/mol. The van der Waals surface area contributed by atoms with Gasteiger partial charge >= 0.3 is 5.97 Å². The molecular weight excluding hydrogens is 424 g/mol. The van der Waals surface area contributed by atoms with Gasteiger partial charge in [-0.15, -0.1) is 0 Å². The Balaban J connectivity index is 1.62. The van der Waals surface area contributed by atoms with Gasteiger partial charge in [-0.2, -0.15) is 11.8 Å². The second-order valence-electron chi connectivity index (χ2n) is 6.41. The van der Waals surface area contributed by atoms with Crippen LogP contribution in [0.25, 0.3) is 11.5 Å². The van der Waals surface area contributed by atoms with E-state index < -0.39 is 17.9 Å². The smallest absolute Gasteiger partial charge is 0.329 e. The lowest BCUT2D eigenvalue weighted by Gasteiger charge is -2.17. The number of nitrogens with one attached hydrogen (secondary N) is 1. The minimum atomic E-state index is -0.790. The van der Waals surface area contributed by atoms with Crippen LogP contribution >= 0.6 is 23.4 Å². The number of hydrogen-bond donors (Lipinski definition) is 1. The van der Waals surface area contributed by atoms with Crippen LogP contribution in [0.3, 0.4) is 0 Å². The van der Waals surface area contributed by atoms with E-state index in [1.165, 1.54) is 6.26 Å². The first-order valence-electron chi connectivity index (χ1n) is 9.29. The molecule has 3 aromatic rings. The molecule has 1 amide bonds. The summed E-state index contributed by atoms with van der Waals surface area (Å²) in [6, 6.07) is 15.3. The maximum atomic E-state index is 12.6. The van der Waals surface area contributed by atoms with Crippen LogP contribution in [0, 0.1) is 0 Å². The zero-order valence-electron chi connectivity index (χ0n) is 16.3. The predicted molar refractivity (Wildman–Crippen MR) is 117 cm³/mol. The van der Waals surface area contributed by atoms with E-state index >= 15 is 0 Å². The Labute approximate surface area is 184 Å². The number of nitrogens with zero attached hydrogens (tertiary/aromatic N) is 1. The molecule has 0 aliphatic carbocycles. The first-order valence-corrected chi connectivity index (χ1v) is 11.1. The molecule has 0 spiro atoms. The summed E-state index contributed by atoms with van der Waals surface area (Å²) in [4.78, 5) is 29.5. The van der Waals surface area contributed by atoms with Crippen LogP contribution in [0.2, 0.25) is 5.02 Å². The molecule has 6 nitrogen and oxygen atoms in total. The van der Waals surface area contributed by atoms with Crippen molar-refractivity contribution in [1.29, 1.82) is 0 Å². The van der Waals surface area contributed by atoms with Gasteiger partial charge in [0, 0.05) is 5.56 Å². The summed E-state index contributed by atoms with van der Waals surface area (Å²) in [5.74, 6) is 0.183. The van der Waals surface area contributed by atoms with Crippen molar-refractivity contribution in [1.82, 2.24) is 10.3 Å². The number of carbonyl (C=O) groups is 2. The molecule has 3 rings (SSSR count). The summed E-state index contributed by atoms with van der Waals surface area (Å²) < 4.78 is 10.8. The second kappa shape index (κ2) is 10.8. The summed E-state index contributed by atoms with van der Waals surface area (Å²) >= 11 is 7.66. The Morgan fingerprint density at radius 2 is 1.90 bits per heavy atom. The molecule has 8 heteroatoms. The van der Waals surface area contributed by atoms with Gasteiger partial charge in [-0.25, -0.2) is 9.78 Å². The van der Waals surface area contributed by atoms with Crippen molar-refractivity contribution in [3.05, 3.63) is 77.1 Å². The number of thioether (sulfide) groups is 1. The van der Waals surface area contributed by atoms with Crippen molar-refractivity contribution >= 4 is 35.2 Å². The largest absolute Gasteiger partial charge is 0.458 e. The Bertz CT molecular complexity index is 994. The Morgan fingerprint density at radius 1 is 1.17 bits per heavy atom. The highest BCUT2D eigenvalue weighted by Crippen LogP contribution is 2.19. The predicted octanol–water partition coefficient (Wildman–Crippen LogP) is 4.59. The van der Waals surface area contributed by atoms with Crippen LogP contribution in [0.4, 0.5) is 0 Å². The summed E-state index contributed by atoms with van der Waals surface area (Å²) in [7, 11) is 0. The molecule has 0 aliphatic rings. The number of halogens is 1. The fourth-order valence-corrected chi connectivity index (χ4v) is 3.39. The van der Waals surface area contributed by atoms with Crippen molar-refractivity contribution in [3.8, 4) is 11.5 Å². The lowest BCUT2D eigenvalue weighted by atomic mass is 10.1. The third-order valence-corrected chi connectivity index (χ3v) is 5.23. The highest BCUT2D eigenvalue weighted by molar-refractivity contribution is 7.98. The first kappa shape index (κ1) is 21.9. The summed E-state index contributed by atoms with van der Waals surface area (Å²) in [6.07, 6.45) is 3.82. The number of oxazole rings is 1. The van der Waals surface area contributed by atoms with Gasteiger partial charge in [-0.3, -0.25) is 4.79 Å². The van der Waals surface area contributed by atoms with Crippen molar-refractivity contribution in [2.24, 2.45) is 0 Å². The lowest BCUT2D eigenvalue weighted by molar-refractivity contribution is -0.147. The van der Waals surface area contributed by atoms with E-state index in [2.05, 4.69) is 10.3 Å². The number of aromatic nitrogens is 1. The second-order valence-corrected chi connectivity index (χ2v) is 7.80. The fourth-order valence-electron chi connectivity index (χ4n) is 2.70. The van der Waals surface area contributed by atoms with Crippen molar-refractivity contribution in [2.45, 2.75) is 19.1 Å². The van der Waals surface area contributed by atoms with E-state index in [1.54, 1.807) is 36.0 Å². The lowest BCUT2D eigenvalue weighted by Crippen LogP contribution is -2.42. The molecule has 1 N–H and O–H groups in total. The number of amides is 1. The topological polar surface area (TPSA) is 81.4 Å². The minimum Gasteiger partial charge on any atom is -0.458 e. The molecule has 1 atom stereocenters. The third-order valence-electron chi connectivity index (χ3n) is 4.25. The van der Waals surface area contributed by atoms with Gasteiger partial charge in [0.2, 0.25) is 5.89 Å². The van der Waals surface area contributed by atoms with E-state index in [0.29, 0.717) is 34.3 Å². The molecule has 156 valence electrons. The van der Waals surface area contributed by atoms with Crippen LogP contribution in [-0.4, -0.2) is 34.9 Å². The van der Waals surface area contributed by atoms with E-state index in [-0.39, 0.29) is 6.61 Å². The molecule has 0 saturated carbocycles. The van der Waals surface area contributed by atoms with Crippen LogP contribution in [-0.2, 0) is 16.1 Å². The summed E-state index contributed by atoms with van der Waals surface area (Å²) in [5, 5.41) is 3.04. The number of rotatable bonds is 9. The van der Waals surface area contributed by atoms with E-state index in [4.69, 9.17) is 20.8 Å². The summed E-state index contributed by atoms with van der Waals surface area (Å²) in [5.41, 5.74) is 1.63. The van der Waals surface area contributed by atoms with E-state index in [9.17, 15) is 9.59 Å². The molecule has 0 radical (unpaired) electrons. The number of hydrogen-bond acceptors (Lipinski definition) is 6. The fraction of sp³-hybridized carbons (Fsp3) is 0.227. The highest BCUT2D eigenvalue weighted by atomic mass is 35.5. The molecule has 0 fully saturated rings. The van der Waals surface area contributed by atoms with Gasteiger partial charge in [0.25, 0.3) is 5.91 Å². The highest BCUT2D eigenvalue weighted by Gasteiger charge is 2.24. The van der Waals surface area contributed by atoms with Gasteiger partial charge in [0.1, 0.15) is 24.6 Å². The van der Waals surface area contributed by atoms with Crippen molar-refractivity contribution in [2.75, 3.05) is 12.0 Å². The van der Waals surface area contributed by atoms with Gasteiger partial charge in [0.15, 0.2) is 0 Å². The van der Waals surface area contributed by atoms with Gasteiger partial charge in [-0.05, 0) is 42.7 Å². The van der Waals surface area contributed by atoms with Crippen molar-refractivity contribution < 1.29 is 18.7 Å². The average molecular weight is 445 g/mol. The number of ether oxygens (including phenoxy) is 1. The van der Waals surface area contributed by atoms with Crippen LogP contribution < -0.4 is 5.32 Å². The number of carbonyl (C=O) groups excluding carboxylic acids is 2. The summed E-state index contributed by atoms with van der Waals surface area (Å²) in [6.45, 7) is -0.0487. The van der Waals surface area contributed by atoms with E-state index in [0.717, 1.165) is 5.56 Å². The minimum absolute atomic E-state index is 0.0487. The molecule has 2 aromatic carbocycles. The van der Waals surface area contributed by atoms with Crippen LogP contribution in [0.1, 0.15) is 22.5 Å². The van der Waals surface area contributed by atoms with Gasteiger partial charge < -0.3 is 14.5 Å². The maximum Gasteiger partial charge on any atom is 0.329 e. The SMILES string of the molecule is CSCCC(NC(=O)c1ccccc1Cl)C(=O)OCc1coc(-c2ccccc2)n1. The Morgan fingerprint density at radius 3 is 2.63 bits per heavy atom. The maximum absolute atomic E-state index is 12.6. The molecule has 0 bridgehead atoms. The Hall–Kier alpha value is -2.77. The van der Waals surface area contributed by atoms with Gasteiger partial charge in [-0.1, -0.05) is 41.9 Å². The van der Waals surface area contributed by atoms with Crippen molar-refractivity contribution in [3.63, 3.8) is 0 Å². The molecule has 1 aromatic heterocycles. The third kappa shape index (κ3) is 5.87. The zero-order valence-corrected chi connectivity index (χ0v) is 17.9. The van der Waals surface area contributed by atoms with E-state index in [1.807, 2.05) is 36.6 Å². The average Bonchev–Trinajstić information content (AvgIpc) is 3.25. The quantitative estimate of drug-likeness (QED) is 0.486. The number of benzene rings is 2. The molecule has 30 heavy (non-hydrogen) atoms. The standard InChI is InChI=1S/C22H21ClN2O4S/c1-30-12-11-19(25-20(26)17-9-5-6-10-18(17)23)22(27)29-14-16-13-28-21(24-16)15-7-3-2-4-8-15/h2-10,13,19H,11-12,14H2,1H3,(H,25,26). The van der Waals surface area contributed by atoms with Crippen LogP contribution in [0.5, 0.6) is 0 Å². The molecular formula is C22H21ClN2O4S.